The summed E-state index contributed by atoms with van der Waals surface area (Å²) < 4.78 is 24.9. The standard InChI is InChI=1S/C23H20ClFN2O3/c1-2-17-19(25)11-26-12-20(17)27-23(28)10-18(14-3-6-16(24)7-4-14)15-5-8-21-22(9-15)30-13-29-21/h3-9,11-12,18H,2,10,13H2,1H3,(H,27,28)/t18-/m0/s1. The molecule has 1 amide bonds. The number of halogens is 2. The molecule has 0 spiro atoms. The van der Waals surface area contributed by atoms with Crippen LogP contribution in [0.3, 0.4) is 0 Å². The molecule has 0 saturated heterocycles. The Kier molecular flexibility index (Phi) is 5.86. The van der Waals surface area contributed by atoms with Gasteiger partial charge in [0.15, 0.2) is 11.5 Å². The minimum Gasteiger partial charge on any atom is -0.454 e. The van der Waals surface area contributed by atoms with E-state index in [4.69, 9.17) is 21.1 Å². The first-order valence-corrected chi connectivity index (χ1v) is 10.00. The maximum absolute atomic E-state index is 14.0. The molecule has 1 aliphatic rings. The fourth-order valence-corrected chi connectivity index (χ4v) is 3.69. The summed E-state index contributed by atoms with van der Waals surface area (Å²) in [6.07, 6.45) is 3.23. The Balaban J connectivity index is 1.62. The molecule has 0 saturated carbocycles. The molecule has 1 aromatic heterocycles. The number of ether oxygens (including phenoxy) is 2. The smallest absolute Gasteiger partial charge is 0.231 e. The van der Waals surface area contributed by atoms with Crippen molar-refractivity contribution in [2.75, 3.05) is 12.1 Å². The van der Waals surface area contributed by atoms with Gasteiger partial charge < -0.3 is 14.8 Å². The number of amides is 1. The Labute approximate surface area is 178 Å². The molecular formula is C23H20ClFN2O3. The minimum atomic E-state index is -0.430. The first kappa shape index (κ1) is 20.2. The first-order chi connectivity index (χ1) is 14.5. The Morgan fingerprint density at radius 3 is 2.63 bits per heavy atom. The van der Waals surface area contributed by atoms with E-state index < -0.39 is 5.82 Å². The van der Waals surface area contributed by atoms with Crippen molar-refractivity contribution in [2.45, 2.75) is 25.7 Å². The lowest BCUT2D eigenvalue weighted by Crippen LogP contribution is -2.18. The van der Waals surface area contributed by atoms with Crippen LogP contribution in [-0.4, -0.2) is 17.7 Å². The van der Waals surface area contributed by atoms with Gasteiger partial charge in [0.05, 0.1) is 18.1 Å². The number of nitrogens with zero attached hydrogens (tertiary/aromatic N) is 1. The van der Waals surface area contributed by atoms with Crippen LogP contribution in [0.15, 0.2) is 54.9 Å². The predicted octanol–water partition coefficient (Wildman–Crippen LogP) is 5.33. The van der Waals surface area contributed by atoms with E-state index in [0.717, 1.165) is 17.3 Å². The third-order valence-electron chi connectivity index (χ3n) is 5.09. The van der Waals surface area contributed by atoms with Crippen LogP contribution in [0, 0.1) is 5.82 Å². The average Bonchev–Trinajstić information content (AvgIpc) is 3.21. The van der Waals surface area contributed by atoms with Crippen molar-refractivity contribution in [1.29, 1.82) is 0 Å². The zero-order valence-electron chi connectivity index (χ0n) is 16.3. The number of nitrogens with one attached hydrogen (secondary N) is 1. The monoisotopic (exact) mass is 426 g/mol. The third-order valence-corrected chi connectivity index (χ3v) is 5.35. The molecule has 0 unspecified atom stereocenters. The van der Waals surface area contributed by atoms with Gasteiger partial charge in [-0.15, -0.1) is 0 Å². The van der Waals surface area contributed by atoms with Gasteiger partial charge in [0.25, 0.3) is 0 Å². The molecule has 0 radical (unpaired) electrons. The highest BCUT2D eigenvalue weighted by atomic mass is 35.5. The SMILES string of the molecule is CCc1c(F)cncc1NC(=O)C[C@@H](c1ccc(Cl)cc1)c1ccc2c(c1)OCO2. The van der Waals surface area contributed by atoms with E-state index in [0.29, 0.717) is 34.2 Å². The molecule has 1 N–H and O–H groups in total. The molecule has 1 aliphatic heterocycles. The molecule has 2 aromatic carbocycles. The average molecular weight is 427 g/mol. The molecule has 0 bridgehead atoms. The molecule has 1 atom stereocenters. The quantitative estimate of drug-likeness (QED) is 0.579. The van der Waals surface area contributed by atoms with E-state index >= 15 is 0 Å². The summed E-state index contributed by atoms with van der Waals surface area (Å²) >= 11 is 6.04. The van der Waals surface area contributed by atoms with Gasteiger partial charge in [-0.1, -0.05) is 36.7 Å². The van der Waals surface area contributed by atoms with E-state index in [2.05, 4.69) is 10.3 Å². The summed E-state index contributed by atoms with van der Waals surface area (Å²) in [5, 5.41) is 3.43. The van der Waals surface area contributed by atoms with Crippen LogP contribution in [0.25, 0.3) is 0 Å². The summed E-state index contributed by atoms with van der Waals surface area (Å²) in [5.41, 5.74) is 2.67. The lowest BCUT2D eigenvalue weighted by atomic mass is 9.88. The fourth-order valence-electron chi connectivity index (χ4n) is 3.57. The normalized spacial score (nSPS) is 13.2. The summed E-state index contributed by atoms with van der Waals surface area (Å²) in [5.74, 6) is 0.407. The van der Waals surface area contributed by atoms with Crippen molar-refractivity contribution >= 4 is 23.2 Å². The van der Waals surface area contributed by atoms with Gasteiger partial charge in [-0.2, -0.15) is 0 Å². The number of carbonyl (C=O) groups is 1. The number of hydrogen-bond donors (Lipinski definition) is 1. The highest BCUT2D eigenvalue weighted by molar-refractivity contribution is 6.30. The van der Waals surface area contributed by atoms with Gasteiger partial charge in [0.1, 0.15) is 5.82 Å². The third kappa shape index (κ3) is 4.24. The molecular weight excluding hydrogens is 407 g/mol. The van der Waals surface area contributed by atoms with Gasteiger partial charge >= 0.3 is 0 Å². The number of pyridine rings is 1. The van der Waals surface area contributed by atoms with Crippen molar-refractivity contribution < 1.29 is 18.7 Å². The highest BCUT2D eigenvalue weighted by Crippen LogP contribution is 2.38. The van der Waals surface area contributed by atoms with E-state index in [-0.39, 0.29) is 25.0 Å². The molecule has 2 heterocycles. The minimum absolute atomic E-state index is 0.154. The Hall–Kier alpha value is -3.12. The first-order valence-electron chi connectivity index (χ1n) is 9.62. The molecule has 154 valence electrons. The molecule has 5 nitrogen and oxygen atoms in total. The van der Waals surface area contributed by atoms with Crippen LogP contribution in [0.4, 0.5) is 10.1 Å². The Morgan fingerprint density at radius 1 is 1.13 bits per heavy atom. The summed E-state index contributed by atoms with van der Waals surface area (Å²) in [4.78, 5) is 16.8. The lowest BCUT2D eigenvalue weighted by molar-refractivity contribution is -0.116. The van der Waals surface area contributed by atoms with Crippen molar-refractivity contribution in [3.63, 3.8) is 0 Å². The molecule has 0 fully saturated rings. The summed E-state index contributed by atoms with van der Waals surface area (Å²) in [6.45, 7) is 2.01. The van der Waals surface area contributed by atoms with E-state index in [1.807, 2.05) is 37.3 Å². The molecule has 3 aromatic rings. The van der Waals surface area contributed by atoms with Gasteiger partial charge in [0.2, 0.25) is 12.7 Å². The van der Waals surface area contributed by atoms with E-state index in [1.54, 1.807) is 12.1 Å². The van der Waals surface area contributed by atoms with Crippen molar-refractivity contribution in [3.05, 3.63) is 82.4 Å². The fraction of sp³-hybridized carbons (Fsp3) is 0.217. The number of aromatic nitrogens is 1. The Morgan fingerprint density at radius 2 is 1.87 bits per heavy atom. The van der Waals surface area contributed by atoms with Crippen molar-refractivity contribution in [2.24, 2.45) is 0 Å². The van der Waals surface area contributed by atoms with Crippen LogP contribution in [0.1, 0.15) is 36.0 Å². The Bertz CT molecular complexity index is 1070. The van der Waals surface area contributed by atoms with Crippen LogP contribution in [0.2, 0.25) is 5.02 Å². The number of anilines is 1. The van der Waals surface area contributed by atoms with Crippen LogP contribution < -0.4 is 14.8 Å². The topological polar surface area (TPSA) is 60.5 Å². The van der Waals surface area contributed by atoms with Gasteiger partial charge in [-0.3, -0.25) is 9.78 Å². The van der Waals surface area contributed by atoms with E-state index in [9.17, 15) is 9.18 Å². The molecule has 30 heavy (non-hydrogen) atoms. The largest absolute Gasteiger partial charge is 0.454 e. The zero-order chi connectivity index (χ0) is 21.1. The second-order valence-corrected chi connectivity index (χ2v) is 7.41. The lowest BCUT2D eigenvalue weighted by Gasteiger charge is -2.19. The predicted molar refractivity (Wildman–Crippen MR) is 113 cm³/mol. The van der Waals surface area contributed by atoms with Crippen molar-refractivity contribution in [1.82, 2.24) is 4.98 Å². The van der Waals surface area contributed by atoms with Gasteiger partial charge in [0, 0.05) is 22.9 Å². The maximum Gasteiger partial charge on any atom is 0.231 e. The van der Waals surface area contributed by atoms with Gasteiger partial charge in [-0.25, -0.2) is 4.39 Å². The second-order valence-electron chi connectivity index (χ2n) is 6.97. The maximum atomic E-state index is 14.0. The van der Waals surface area contributed by atoms with Crippen LogP contribution in [0.5, 0.6) is 11.5 Å². The summed E-state index contributed by atoms with van der Waals surface area (Å²) in [7, 11) is 0. The van der Waals surface area contributed by atoms with Gasteiger partial charge in [-0.05, 0) is 41.8 Å². The van der Waals surface area contributed by atoms with E-state index in [1.165, 1.54) is 6.20 Å². The molecule has 0 aliphatic carbocycles. The highest BCUT2D eigenvalue weighted by Gasteiger charge is 2.23. The van der Waals surface area contributed by atoms with Crippen molar-refractivity contribution in [3.8, 4) is 11.5 Å². The number of hydrogen-bond acceptors (Lipinski definition) is 4. The second kappa shape index (κ2) is 8.71. The number of rotatable bonds is 6. The molecule has 4 rings (SSSR count). The zero-order valence-corrected chi connectivity index (χ0v) is 17.1. The van der Waals surface area contributed by atoms with Crippen LogP contribution >= 0.6 is 11.6 Å². The summed E-state index contributed by atoms with van der Waals surface area (Å²) in [6, 6.07) is 13.0. The number of carbonyl (C=O) groups excluding carboxylic acids is 1. The number of benzene rings is 2. The molecule has 7 heteroatoms. The van der Waals surface area contributed by atoms with Crippen LogP contribution in [-0.2, 0) is 11.2 Å². The number of fused-ring (bicyclic) bond motifs is 1.